The molecule has 1 aliphatic rings. The molecule has 2 N–H and O–H groups in total. The number of nitrogens with one attached hydrogen (secondary N) is 1. The topological polar surface area (TPSA) is 71.0 Å². The third-order valence-corrected chi connectivity index (χ3v) is 4.42. The van der Waals surface area contributed by atoms with Gasteiger partial charge in [0.15, 0.2) is 0 Å². The fraction of sp³-hybridized carbons (Fsp3) is 0.650. The highest BCUT2D eigenvalue weighted by molar-refractivity contribution is 5.97. The van der Waals surface area contributed by atoms with Gasteiger partial charge in [-0.3, -0.25) is 4.79 Å². The molecule has 1 aromatic rings. The van der Waals surface area contributed by atoms with Crippen molar-refractivity contribution >= 4 is 5.91 Å². The zero-order valence-corrected chi connectivity index (χ0v) is 16.2. The number of hydrogen-bond acceptors (Lipinski definition) is 5. The van der Waals surface area contributed by atoms with Gasteiger partial charge in [-0.2, -0.15) is 0 Å². The van der Waals surface area contributed by atoms with Crippen molar-refractivity contribution in [2.75, 3.05) is 39.9 Å². The van der Waals surface area contributed by atoms with Crippen LogP contribution in [0.25, 0.3) is 0 Å². The molecule has 1 amide bonds. The molecule has 2 rings (SSSR count). The van der Waals surface area contributed by atoms with Crippen LogP contribution in [0.5, 0.6) is 11.5 Å². The minimum Gasteiger partial charge on any atom is -0.497 e. The first-order valence-corrected chi connectivity index (χ1v) is 9.49. The van der Waals surface area contributed by atoms with E-state index in [1.807, 2.05) is 0 Å². The normalized spacial score (nSPS) is 16.3. The van der Waals surface area contributed by atoms with Crippen LogP contribution in [0.3, 0.4) is 0 Å². The zero-order valence-electron chi connectivity index (χ0n) is 16.2. The Kier molecular flexibility index (Phi) is 8.19. The maximum absolute atomic E-state index is 12.5. The highest BCUT2D eigenvalue weighted by Gasteiger charge is 2.18. The summed E-state index contributed by atoms with van der Waals surface area (Å²) in [6, 6.07) is 5.16. The fourth-order valence-corrected chi connectivity index (χ4v) is 3.00. The van der Waals surface area contributed by atoms with Gasteiger partial charge < -0.3 is 24.8 Å². The SMILES string of the molecule is COc1ccc(C(=O)NCC(O)CN2CCCCC2)c(OCC(C)C)c1. The van der Waals surface area contributed by atoms with E-state index in [2.05, 4.69) is 24.1 Å². The van der Waals surface area contributed by atoms with Crippen LogP contribution in [0.4, 0.5) is 0 Å². The van der Waals surface area contributed by atoms with Crippen LogP contribution in [0.15, 0.2) is 18.2 Å². The number of aliphatic hydroxyl groups is 1. The van der Waals surface area contributed by atoms with E-state index < -0.39 is 6.10 Å². The summed E-state index contributed by atoms with van der Waals surface area (Å²) in [5, 5.41) is 13.0. The summed E-state index contributed by atoms with van der Waals surface area (Å²) in [4.78, 5) is 14.8. The fourth-order valence-electron chi connectivity index (χ4n) is 3.00. The maximum Gasteiger partial charge on any atom is 0.255 e. The molecular formula is C20H32N2O4. The molecule has 1 unspecified atom stereocenters. The lowest BCUT2D eigenvalue weighted by atomic mass is 10.1. The number of piperidine rings is 1. The van der Waals surface area contributed by atoms with Crippen LogP contribution in [0, 0.1) is 5.92 Å². The smallest absolute Gasteiger partial charge is 0.255 e. The first-order valence-electron chi connectivity index (χ1n) is 9.49. The van der Waals surface area contributed by atoms with Crippen molar-refractivity contribution in [3.63, 3.8) is 0 Å². The van der Waals surface area contributed by atoms with Gasteiger partial charge in [-0.1, -0.05) is 20.3 Å². The van der Waals surface area contributed by atoms with E-state index in [1.165, 1.54) is 19.3 Å². The Morgan fingerprint density at radius 3 is 2.65 bits per heavy atom. The van der Waals surface area contributed by atoms with Gasteiger partial charge in [0.05, 0.1) is 25.4 Å². The zero-order chi connectivity index (χ0) is 18.9. The lowest BCUT2D eigenvalue weighted by Gasteiger charge is -2.28. The summed E-state index contributed by atoms with van der Waals surface area (Å²) in [5.74, 6) is 1.25. The first kappa shape index (κ1) is 20.5. The average Bonchev–Trinajstić information content (AvgIpc) is 2.65. The number of likely N-dealkylation sites (tertiary alicyclic amines) is 1. The molecule has 146 valence electrons. The summed E-state index contributed by atoms with van der Waals surface area (Å²) in [7, 11) is 1.58. The van der Waals surface area contributed by atoms with Crippen molar-refractivity contribution in [1.82, 2.24) is 10.2 Å². The minimum atomic E-state index is -0.574. The summed E-state index contributed by atoms with van der Waals surface area (Å²) in [6.45, 7) is 7.50. The number of carbonyl (C=O) groups excluding carboxylic acids is 1. The van der Waals surface area contributed by atoms with Crippen molar-refractivity contribution < 1.29 is 19.4 Å². The van der Waals surface area contributed by atoms with Gasteiger partial charge in [-0.25, -0.2) is 0 Å². The average molecular weight is 364 g/mol. The predicted molar refractivity (Wildman–Crippen MR) is 102 cm³/mol. The van der Waals surface area contributed by atoms with E-state index in [0.29, 0.717) is 36.1 Å². The van der Waals surface area contributed by atoms with E-state index in [-0.39, 0.29) is 12.5 Å². The summed E-state index contributed by atoms with van der Waals surface area (Å²) < 4.78 is 11.0. The van der Waals surface area contributed by atoms with E-state index >= 15 is 0 Å². The van der Waals surface area contributed by atoms with E-state index in [1.54, 1.807) is 25.3 Å². The van der Waals surface area contributed by atoms with Crippen LogP contribution in [-0.2, 0) is 0 Å². The number of nitrogens with zero attached hydrogens (tertiary/aromatic N) is 1. The molecule has 0 saturated carbocycles. The second-order valence-corrected chi connectivity index (χ2v) is 7.29. The molecule has 1 atom stereocenters. The maximum atomic E-state index is 12.5. The van der Waals surface area contributed by atoms with Crippen molar-refractivity contribution in [1.29, 1.82) is 0 Å². The van der Waals surface area contributed by atoms with Crippen LogP contribution in [0.2, 0.25) is 0 Å². The van der Waals surface area contributed by atoms with Gasteiger partial charge in [0, 0.05) is 19.2 Å². The molecule has 1 saturated heterocycles. The number of rotatable bonds is 9. The van der Waals surface area contributed by atoms with Crippen LogP contribution < -0.4 is 14.8 Å². The molecule has 6 nitrogen and oxygen atoms in total. The second-order valence-electron chi connectivity index (χ2n) is 7.29. The van der Waals surface area contributed by atoms with Crippen molar-refractivity contribution in [3.05, 3.63) is 23.8 Å². The molecule has 1 aliphatic heterocycles. The molecule has 0 aromatic heterocycles. The highest BCUT2D eigenvalue weighted by atomic mass is 16.5. The largest absolute Gasteiger partial charge is 0.497 e. The number of ether oxygens (including phenoxy) is 2. The molecule has 26 heavy (non-hydrogen) atoms. The monoisotopic (exact) mass is 364 g/mol. The molecular weight excluding hydrogens is 332 g/mol. The van der Waals surface area contributed by atoms with Gasteiger partial charge in [-0.05, 0) is 44.0 Å². The van der Waals surface area contributed by atoms with Crippen molar-refractivity contribution in [2.45, 2.75) is 39.2 Å². The van der Waals surface area contributed by atoms with Crippen molar-refractivity contribution in [2.24, 2.45) is 5.92 Å². The highest BCUT2D eigenvalue weighted by Crippen LogP contribution is 2.25. The van der Waals surface area contributed by atoms with E-state index in [9.17, 15) is 9.90 Å². The lowest BCUT2D eigenvalue weighted by Crippen LogP contribution is -2.42. The predicted octanol–water partition coefficient (Wildman–Crippen LogP) is 2.31. The number of carbonyl (C=O) groups is 1. The first-order chi connectivity index (χ1) is 12.5. The Labute approximate surface area is 156 Å². The number of aliphatic hydroxyl groups excluding tert-OH is 1. The minimum absolute atomic E-state index is 0.227. The Balaban J connectivity index is 1.92. The Hall–Kier alpha value is -1.79. The second kappa shape index (κ2) is 10.4. The molecule has 0 bridgehead atoms. The number of amides is 1. The van der Waals surface area contributed by atoms with Gasteiger partial charge in [0.2, 0.25) is 0 Å². The van der Waals surface area contributed by atoms with Gasteiger partial charge >= 0.3 is 0 Å². The van der Waals surface area contributed by atoms with Crippen LogP contribution >= 0.6 is 0 Å². The Bertz CT molecular complexity index is 571. The summed E-state index contributed by atoms with van der Waals surface area (Å²) in [6.07, 6.45) is 3.05. The molecule has 0 radical (unpaired) electrons. The third-order valence-electron chi connectivity index (χ3n) is 4.42. The molecule has 1 aromatic carbocycles. The Morgan fingerprint density at radius 1 is 1.27 bits per heavy atom. The van der Waals surface area contributed by atoms with E-state index in [4.69, 9.17) is 9.47 Å². The van der Waals surface area contributed by atoms with Gasteiger partial charge in [0.25, 0.3) is 5.91 Å². The summed E-state index contributed by atoms with van der Waals surface area (Å²) in [5.41, 5.74) is 0.455. The number of hydrogen-bond donors (Lipinski definition) is 2. The number of β-amino-alcohol motifs (C(OH)–C–C–N with tert-alkyl or cyclic N) is 1. The number of methoxy groups -OCH3 is 1. The molecule has 1 fully saturated rings. The van der Waals surface area contributed by atoms with Crippen LogP contribution in [0.1, 0.15) is 43.5 Å². The quantitative estimate of drug-likeness (QED) is 0.704. The van der Waals surface area contributed by atoms with Gasteiger partial charge in [0.1, 0.15) is 11.5 Å². The third kappa shape index (κ3) is 6.50. The summed E-state index contributed by atoms with van der Waals surface area (Å²) >= 11 is 0. The van der Waals surface area contributed by atoms with Crippen LogP contribution in [-0.4, -0.2) is 61.9 Å². The van der Waals surface area contributed by atoms with E-state index in [0.717, 1.165) is 13.1 Å². The molecule has 0 spiro atoms. The molecule has 1 heterocycles. The van der Waals surface area contributed by atoms with Crippen molar-refractivity contribution in [3.8, 4) is 11.5 Å². The lowest BCUT2D eigenvalue weighted by molar-refractivity contribution is 0.0827. The Morgan fingerprint density at radius 2 is 2.00 bits per heavy atom. The molecule has 0 aliphatic carbocycles. The standard InChI is InChI=1S/C20H32N2O4/c1-15(2)14-26-19-11-17(25-3)7-8-18(19)20(24)21-12-16(23)13-22-9-5-4-6-10-22/h7-8,11,15-16,23H,4-6,9-10,12-14H2,1-3H3,(H,21,24). The number of benzene rings is 1. The van der Waals surface area contributed by atoms with Gasteiger partial charge in [-0.15, -0.1) is 0 Å². The molecule has 6 heteroatoms.